The third-order valence-electron chi connectivity index (χ3n) is 1.35. The summed E-state index contributed by atoms with van der Waals surface area (Å²) in [5, 5.41) is 0. The third kappa shape index (κ3) is 7.32. The molecular weight excluding hydrogens is 206 g/mol. The van der Waals surface area contributed by atoms with Crippen LogP contribution in [0.15, 0.2) is 4.66 Å². The molecule has 0 aromatic rings. The molecule has 14 heavy (non-hydrogen) atoms. The molecule has 4 heteroatoms. The van der Waals surface area contributed by atoms with Crippen molar-refractivity contribution in [1.29, 1.82) is 0 Å². The van der Waals surface area contributed by atoms with Gasteiger partial charge in [0.05, 0.1) is 0 Å². The lowest BCUT2D eigenvalue weighted by Gasteiger charge is -2.25. The summed E-state index contributed by atoms with van der Waals surface area (Å²) in [6, 6.07) is 0. The molecule has 0 heterocycles. The average molecular weight is 231 g/mol. The molecule has 0 N–H and O–H groups in total. The third-order valence-corrected chi connectivity index (χ3v) is 3.06. The lowest BCUT2D eigenvalue weighted by atomic mass is 10.2. The topological polar surface area (TPSA) is 21.6 Å². The highest BCUT2D eigenvalue weighted by Crippen LogP contribution is 2.13. The molecule has 0 aromatic heterocycles. The van der Waals surface area contributed by atoms with Crippen molar-refractivity contribution in [2.75, 3.05) is 0 Å². The molecular formula is C10H25NOSi2. The maximum absolute atomic E-state index is 6.00. The molecule has 0 fully saturated rings. The minimum atomic E-state index is -1.49. The lowest BCUT2D eigenvalue weighted by molar-refractivity contribution is 0.507. The first-order valence-electron chi connectivity index (χ1n) is 5.30. The smallest absolute Gasteiger partial charge is 0.243 e. The fraction of sp³-hybridized carbons (Fsp3) is 0.900. The normalized spacial score (nSPS) is 14.8. The molecule has 0 bridgehead atoms. The van der Waals surface area contributed by atoms with E-state index in [0.29, 0.717) is 5.92 Å². The van der Waals surface area contributed by atoms with E-state index in [-0.39, 0.29) is 0 Å². The van der Waals surface area contributed by atoms with E-state index in [0.717, 1.165) is 5.90 Å². The van der Waals surface area contributed by atoms with E-state index < -0.39 is 16.6 Å². The highest BCUT2D eigenvalue weighted by atomic mass is 28.4. The molecule has 0 spiro atoms. The summed E-state index contributed by atoms with van der Waals surface area (Å²) >= 11 is 0. The Morgan fingerprint density at radius 3 is 1.64 bits per heavy atom. The second kappa shape index (κ2) is 4.62. The first kappa shape index (κ1) is 13.9. The summed E-state index contributed by atoms with van der Waals surface area (Å²) in [6.07, 6.45) is 0. The first-order valence-corrected chi connectivity index (χ1v) is 12.2. The van der Waals surface area contributed by atoms with Crippen molar-refractivity contribution in [2.24, 2.45) is 10.6 Å². The molecule has 0 unspecified atom stereocenters. The Morgan fingerprint density at radius 1 is 1.00 bits per heavy atom. The SMILES string of the molecule is CC(C)/C(=N/[Si](C)(C)C)O[Si](C)(C)C. The summed E-state index contributed by atoms with van der Waals surface area (Å²) in [7, 11) is -2.89. The number of nitrogens with zero attached hydrogens (tertiary/aromatic N) is 1. The van der Waals surface area contributed by atoms with E-state index in [4.69, 9.17) is 9.08 Å². The Bertz CT molecular complexity index is 211. The van der Waals surface area contributed by atoms with Gasteiger partial charge in [-0.25, -0.2) is 0 Å². The Labute approximate surface area is 91.0 Å². The summed E-state index contributed by atoms with van der Waals surface area (Å²) in [4.78, 5) is 0. The van der Waals surface area contributed by atoms with Gasteiger partial charge in [0.25, 0.3) is 0 Å². The minimum Gasteiger partial charge on any atom is -0.535 e. The number of hydrogen-bond donors (Lipinski definition) is 0. The van der Waals surface area contributed by atoms with Crippen LogP contribution in [-0.4, -0.2) is 22.5 Å². The van der Waals surface area contributed by atoms with E-state index in [1.165, 1.54) is 0 Å². The van der Waals surface area contributed by atoms with Gasteiger partial charge in [-0.15, -0.1) is 0 Å². The van der Waals surface area contributed by atoms with E-state index in [9.17, 15) is 0 Å². The van der Waals surface area contributed by atoms with Gasteiger partial charge in [-0.2, -0.15) is 0 Å². The van der Waals surface area contributed by atoms with Gasteiger partial charge in [-0.3, -0.25) is 4.66 Å². The van der Waals surface area contributed by atoms with Crippen LogP contribution >= 0.6 is 0 Å². The molecule has 0 aromatic carbocycles. The zero-order valence-electron chi connectivity index (χ0n) is 10.9. The molecule has 0 radical (unpaired) electrons. The fourth-order valence-electron chi connectivity index (χ4n) is 0.914. The largest absolute Gasteiger partial charge is 0.535 e. The van der Waals surface area contributed by atoms with Crippen molar-refractivity contribution in [1.82, 2.24) is 0 Å². The van der Waals surface area contributed by atoms with Crippen LogP contribution in [0.4, 0.5) is 0 Å². The standard InChI is InChI=1S/C10H25NOSi2/c1-9(2)10(11-13(3,4)5)12-14(6,7)8/h9H,1-8H3/b11-10-. The maximum Gasteiger partial charge on any atom is 0.243 e. The van der Waals surface area contributed by atoms with Gasteiger partial charge in [0.1, 0.15) is 0 Å². The van der Waals surface area contributed by atoms with Crippen LogP contribution in [0.2, 0.25) is 39.3 Å². The van der Waals surface area contributed by atoms with E-state index in [2.05, 4.69) is 53.1 Å². The molecule has 0 rings (SSSR count). The van der Waals surface area contributed by atoms with Gasteiger partial charge < -0.3 is 4.43 Å². The first-order chi connectivity index (χ1) is 6.01. The molecule has 0 aliphatic rings. The fourth-order valence-corrected chi connectivity index (χ4v) is 2.88. The zero-order chi connectivity index (χ0) is 11.6. The predicted molar refractivity (Wildman–Crippen MR) is 70.1 cm³/mol. The molecule has 84 valence electrons. The van der Waals surface area contributed by atoms with Crippen LogP contribution in [0.5, 0.6) is 0 Å². The van der Waals surface area contributed by atoms with Crippen LogP contribution in [-0.2, 0) is 4.43 Å². The van der Waals surface area contributed by atoms with E-state index in [1.807, 2.05) is 0 Å². The second-order valence-corrected chi connectivity index (χ2v) is 15.0. The number of hydrogen-bond acceptors (Lipinski definition) is 2. The minimum absolute atomic E-state index is 0.411. The van der Waals surface area contributed by atoms with Gasteiger partial charge in [-0.1, -0.05) is 13.8 Å². The summed E-state index contributed by atoms with van der Waals surface area (Å²) < 4.78 is 10.8. The Kier molecular flexibility index (Phi) is 4.58. The van der Waals surface area contributed by atoms with Crippen LogP contribution in [0.1, 0.15) is 13.8 Å². The van der Waals surface area contributed by atoms with Gasteiger partial charge in [0.15, 0.2) is 14.1 Å². The monoisotopic (exact) mass is 231 g/mol. The van der Waals surface area contributed by atoms with E-state index >= 15 is 0 Å². The quantitative estimate of drug-likeness (QED) is 0.412. The molecule has 0 atom stereocenters. The Morgan fingerprint density at radius 2 is 1.43 bits per heavy atom. The average Bonchev–Trinajstić information content (AvgIpc) is 1.78. The molecule has 0 saturated heterocycles. The van der Waals surface area contributed by atoms with Crippen molar-refractivity contribution in [3.63, 3.8) is 0 Å². The summed E-state index contributed by atoms with van der Waals surface area (Å²) in [5.41, 5.74) is 0. The summed E-state index contributed by atoms with van der Waals surface area (Å²) in [6.45, 7) is 17.6. The summed E-state index contributed by atoms with van der Waals surface area (Å²) in [5.74, 6) is 1.39. The van der Waals surface area contributed by atoms with E-state index in [1.54, 1.807) is 0 Å². The van der Waals surface area contributed by atoms with Crippen molar-refractivity contribution in [2.45, 2.75) is 53.1 Å². The van der Waals surface area contributed by atoms with Crippen LogP contribution in [0.25, 0.3) is 0 Å². The molecule has 0 aliphatic heterocycles. The van der Waals surface area contributed by atoms with Crippen LogP contribution in [0.3, 0.4) is 0 Å². The van der Waals surface area contributed by atoms with Crippen molar-refractivity contribution >= 4 is 22.5 Å². The highest BCUT2D eigenvalue weighted by molar-refractivity contribution is 6.76. The predicted octanol–water partition coefficient (Wildman–Crippen LogP) is 3.73. The van der Waals surface area contributed by atoms with Crippen LogP contribution in [0, 0.1) is 5.92 Å². The van der Waals surface area contributed by atoms with Gasteiger partial charge in [0.2, 0.25) is 8.32 Å². The molecule has 0 saturated carbocycles. The molecule has 2 nitrogen and oxygen atoms in total. The maximum atomic E-state index is 6.00. The number of rotatable bonds is 3. The van der Waals surface area contributed by atoms with Crippen molar-refractivity contribution in [3.05, 3.63) is 0 Å². The Hall–Kier alpha value is -0.0962. The van der Waals surface area contributed by atoms with Crippen molar-refractivity contribution < 1.29 is 4.43 Å². The second-order valence-electron chi connectivity index (χ2n) is 5.99. The molecule has 0 amide bonds. The van der Waals surface area contributed by atoms with Crippen LogP contribution < -0.4 is 0 Å². The Balaban J connectivity index is 4.71. The van der Waals surface area contributed by atoms with Crippen molar-refractivity contribution in [3.8, 4) is 0 Å². The van der Waals surface area contributed by atoms with Gasteiger partial charge >= 0.3 is 0 Å². The highest BCUT2D eigenvalue weighted by Gasteiger charge is 2.22. The zero-order valence-corrected chi connectivity index (χ0v) is 12.9. The lowest BCUT2D eigenvalue weighted by Crippen LogP contribution is -2.34. The molecule has 0 aliphatic carbocycles. The van der Waals surface area contributed by atoms with Gasteiger partial charge in [-0.05, 0) is 39.3 Å². The van der Waals surface area contributed by atoms with Gasteiger partial charge in [0, 0.05) is 5.92 Å².